The molecule has 0 saturated heterocycles. The first-order valence-electron chi connectivity index (χ1n) is 4.03. The largest absolute Gasteiger partial charge is 0.259 e. The molecule has 0 aliphatic heterocycles. The van der Waals surface area contributed by atoms with Gasteiger partial charge in [-0.15, -0.1) is 6.42 Å². The average Bonchev–Trinajstić information content (AvgIpc) is 2.60. The van der Waals surface area contributed by atoms with Crippen molar-refractivity contribution in [2.75, 3.05) is 0 Å². The molecular weight excluding hydrogens is 217 g/mol. The molecule has 0 spiro atoms. The standard InChI is InChI=1S/C10H5ClFN3/c1-2-7-6-15(14-10(7)11)9-3-8(12)4-13-5-9/h1,3-6H. The van der Waals surface area contributed by atoms with Crippen LogP contribution < -0.4 is 0 Å². The van der Waals surface area contributed by atoms with E-state index in [1.165, 1.54) is 16.9 Å². The van der Waals surface area contributed by atoms with Crippen LogP contribution in [0.15, 0.2) is 24.7 Å². The number of rotatable bonds is 1. The lowest BCUT2D eigenvalue weighted by Crippen LogP contribution is -1.95. The Labute approximate surface area is 90.5 Å². The van der Waals surface area contributed by atoms with Crippen LogP contribution >= 0.6 is 11.6 Å². The summed E-state index contributed by atoms with van der Waals surface area (Å²) in [6, 6.07) is 1.29. The summed E-state index contributed by atoms with van der Waals surface area (Å²) in [6.07, 6.45) is 9.31. The van der Waals surface area contributed by atoms with Gasteiger partial charge >= 0.3 is 0 Å². The molecule has 0 aromatic carbocycles. The third-order valence-electron chi connectivity index (χ3n) is 1.78. The van der Waals surface area contributed by atoms with Crippen molar-refractivity contribution < 1.29 is 4.39 Å². The lowest BCUT2D eigenvalue weighted by atomic mass is 10.4. The van der Waals surface area contributed by atoms with Crippen LogP contribution in [-0.4, -0.2) is 14.8 Å². The van der Waals surface area contributed by atoms with Crippen LogP contribution in [0.3, 0.4) is 0 Å². The molecule has 2 aromatic heterocycles. The van der Waals surface area contributed by atoms with Crippen LogP contribution in [0.25, 0.3) is 5.69 Å². The maximum absolute atomic E-state index is 12.9. The van der Waals surface area contributed by atoms with E-state index >= 15 is 0 Å². The summed E-state index contributed by atoms with van der Waals surface area (Å²) in [7, 11) is 0. The smallest absolute Gasteiger partial charge is 0.167 e. The first-order valence-corrected chi connectivity index (χ1v) is 4.41. The maximum Gasteiger partial charge on any atom is 0.167 e. The van der Waals surface area contributed by atoms with Crippen molar-refractivity contribution in [1.29, 1.82) is 0 Å². The van der Waals surface area contributed by atoms with Crippen molar-refractivity contribution in [1.82, 2.24) is 14.8 Å². The molecule has 2 rings (SSSR count). The Morgan fingerprint density at radius 2 is 2.27 bits per heavy atom. The van der Waals surface area contributed by atoms with Crippen LogP contribution in [-0.2, 0) is 0 Å². The van der Waals surface area contributed by atoms with E-state index in [0.717, 1.165) is 6.20 Å². The van der Waals surface area contributed by atoms with Gasteiger partial charge in [-0.05, 0) is 0 Å². The summed E-state index contributed by atoms with van der Waals surface area (Å²) < 4.78 is 14.2. The number of terminal acetylenes is 1. The van der Waals surface area contributed by atoms with Gasteiger partial charge < -0.3 is 0 Å². The highest BCUT2D eigenvalue weighted by Gasteiger charge is 2.06. The second kappa shape index (κ2) is 3.71. The molecule has 2 heterocycles. The van der Waals surface area contributed by atoms with Crippen molar-refractivity contribution in [3.05, 3.63) is 41.2 Å². The van der Waals surface area contributed by atoms with Crippen molar-refractivity contribution in [2.24, 2.45) is 0 Å². The van der Waals surface area contributed by atoms with Gasteiger partial charge in [0.2, 0.25) is 0 Å². The number of aromatic nitrogens is 3. The van der Waals surface area contributed by atoms with E-state index in [-0.39, 0.29) is 5.15 Å². The number of halogens is 2. The molecule has 0 aliphatic rings. The summed E-state index contributed by atoms with van der Waals surface area (Å²) in [5.74, 6) is 1.93. The molecule has 5 heteroatoms. The Hall–Kier alpha value is -1.86. The number of nitrogens with zero attached hydrogens (tertiary/aromatic N) is 3. The summed E-state index contributed by atoms with van der Waals surface area (Å²) >= 11 is 5.75. The highest BCUT2D eigenvalue weighted by Crippen LogP contribution is 2.15. The lowest BCUT2D eigenvalue weighted by molar-refractivity contribution is 0.618. The second-order valence-corrected chi connectivity index (χ2v) is 3.14. The van der Waals surface area contributed by atoms with Gasteiger partial charge in [-0.1, -0.05) is 17.5 Å². The van der Waals surface area contributed by atoms with Gasteiger partial charge in [0.05, 0.1) is 23.6 Å². The zero-order valence-corrected chi connectivity index (χ0v) is 8.24. The highest BCUT2D eigenvalue weighted by molar-refractivity contribution is 6.30. The third kappa shape index (κ3) is 1.83. The number of pyridine rings is 1. The Morgan fingerprint density at radius 3 is 2.87 bits per heavy atom. The zero-order chi connectivity index (χ0) is 10.8. The van der Waals surface area contributed by atoms with E-state index in [2.05, 4.69) is 16.0 Å². The lowest BCUT2D eigenvalue weighted by Gasteiger charge is -1.98. The fourth-order valence-corrected chi connectivity index (χ4v) is 1.29. The average molecular weight is 222 g/mol. The molecule has 0 amide bonds. The van der Waals surface area contributed by atoms with Crippen molar-refractivity contribution >= 4 is 11.6 Å². The predicted octanol–water partition coefficient (Wildman–Crippen LogP) is 2.04. The van der Waals surface area contributed by atoms with E-state index in [0.29, 0.717) is 11.3 Å². The van der Waals surface area contributed by atoms with Crippen molar-refractivity contribution in [3.63, 3.8) is 0 Å². The van der Waals surface area contributed by atoms with E-state index in [4.69, 9.17) is 18.0 Å². The molecule has 0 radical (unpaired) electrons. The van der Waals surface area contributed by atoms with Crippen LogP contribution in [0.2, 0.25) is 5.15 Å². The van der Waals surface area contributed by atoms with Crippen LogP contribution in [0.4, 0.5) is 4.39 Å². The SMILES string of the molecule is C#Cc1cn(-c2cncc(F)c2)nc1Cl. The summed E-state index contributed by atoms with van der Waals surface area (Å²) in [5.41, 5.74) is 0.930. The maximum atomic E-state index is 12.9. The summed E-state index contributed by atoms with van der Waals surface area (Å²) in [5, 5.41) is 4.14. The molecule has 2 aromatic rings. The third-order valence-corrected chi connectivity index (χ3v) is 2.06. The molecular formula is C10H5ClFN3. The first kappa shape index (κ1) is 9.69. The van der Waals surface area contributed by atoms with E-state index in [1.54, 1.807) is 6.20 Å². The fourth-order valence-electron chi connectivity index (χ4n) is 1.11. The van der Waals surface area contributed by atoms with E-state index in [9.17, 15) is 4.39 Å². The molecule has 0 bridgehead atoms. The molecule has 0 saturated carbocycles. The highest BCUT2D eigenvalue weighted by atomic mass is 35.5. The van der Waals surface area contributed by atoms with Crippen molar-refractivity contribution in [3.8, 4) is 18.0 Å². The van der Waals surface area contributed by atoms with Gasteiger partial charge in [-0.3, -0.25) is 4.98 Å². The summed E-state index contributed by atoms with van der Waals surface area (Å²) in [4.78, 5) is 3.69. The molecule has 0 fully saturated rings. The fraction of sp³-hybridized carbons (Fsp3) is 0. The minimum atomic E-state index is -0.443. The van der Waals surface area contributed by atoms with Crippen LogP contribution in [0.5, 0.6) is 0 Å². The second-order valence-electron chi connectivity index (χ2n) is 2.78. The molecule has 0 aliphatic carbocycles. The Kier molecular flexibility index (Phi) is 2.40. The quantitative estimate of drug-likeness (QED) is 0.690. The van der Waals surface area contributed by atoms with Gasteiger partial charge in [0.15, 0.2) is 5.15 Å². The minimum absolute atomic E-state index is 0.210. The normalized spacial score (nSPS) is 9.93. The van der Waals surface area contributed by atoms with Gasteiger partial charge in [0, 0.05) is 12.3 Å². The Morgan fingerprint density at radius 1 is 1.47 bits per heavy atom. The Bertz CT molecular complexity index is 542. The van der Waals surface area contributed by atoms with Crippen LogP contribution in [0.1, 0.15) is 5.56 Å². The van der Waals surface area contributed by atoms with Gasteiger partial charge in [0.25, 0.3) is 0 Å². The van der Waals surface area contributed by atoms with Crippen LogP contribution in [0, 0.1) is 18.2 Å². The predicted molar refractivity (Wildman–Crippen MR) is 54.3 cm³/mol. The number of hydrogen-bond acceptors (Lipinski definition) is 2. The molecule has 74 valence electrons. The van der Waals surface area contributed by atoms with E-state index in [1.807, 2.05) is 0 Å². The topological polar surface area (TPSA) is 30.7 Å². The molecule has 0 unspecified atom stereocenters. The number of hydrogen-bond donors (Lipinski definition) is 0. The van der Waals surface area contributed by atoms with Gasteiger partial charge in [0.1, 0.15) is 5.82 Å². The molecule has 3 nitrogen and oxygen atoms in total. The monoisotopic (exact) mass is 221 g/mol. The minimum Gasteiger partial charge on any atom is -0.259 e. The molecule has 0 N–H and O–H groups in total. The summed E-state index contributed by atoms with van der Waals surface area (Å²) in [6.45, 7) is 0. The van der Waals surface area contributed by atoms with Gasteiger partial charge in [-0.2, -0.15) is 5.10 Å². The molecule has 0 atom stereocenters. The van der Waals surface area contributed by atoms with E-state index < -0.39 is 5.82 Å². The van der Waals surface area contributed by atoms with Crippen molar-refractivity contribution in [2.45, 2.75) is 0 Å². The molecule has 15 heavy (non-hydrogen) atoms. The Balaban J connectivity index is 2.51. The van der Waals surface area contributed by atoms with Gasteiger partial charge in [-0.25, -0.2) is 9.07 Å². The zero-order valence-electron chi connectivity index (χ0n) is 7.48. The first-order chi connectivity index (χ1) is 7.20.